The van der Waals surface area contributed by atoms with E-state index in [1.54, 1.807) is 11.8 Å². The van der Waals surface area contributed by atoms with Gasteiger partial charge in [-0.1, -0.05) is 0 Å². The molecule has 1 atom stereocenters. The molecule has 17 heavy (non-hydrogen) atoms. The van der Waals surface area contributed by atoms with Crippen LogP contribution >= 0.6 is 11.8 Å². The van der Waals surface area contributed by atoms with E-state index in [4.69, 9.17) is 5.26 Å². The van der Waals surface area contributed by atoms with Crippen molar-refractivity contribution in [3.8, 4) is 6.07 Å². The number of thioether (sulfide) groups is 1. The lowest BCUT2D eigenvalue weighted by Crippen LogP contribution is -2.48. The number of hydrogen-bond donors (Lipinski definition) is 0. The summed E-state index contributed by atoms with van der Waals surface area (Å²) in [5.74, 6) is 1.39. The molecule has 3 nitrogen and oxygen atoms in total. The van der Waals surface area contributed by atoms with E-state index >= 15 is 0 Å². The highest BCUT2D eigenvalue weighted by Gasteiger charge is 2.42. The molecule has 2 fully saturated rings. The summed E-state index contributed by atoms with van der Waals surface area (Å²) in [6.45, 7) is 5.57. The van der Waals surface area contributed by atoms with Crippen LogP contribution in [0.4, 0.5) is 0 Å². The first kappa shape index (κ1) is 12.8. The number of nitrogens with zero attached hydrogens (tertiary/aromatic N) is 2. The average molecular weight is 252 g/mol. The van der Waals surface area contributed by atoms with Crippen molar-refractivity contribution in [3.63, 3.8) is 0 Å². The predicted molar refractivity (Wildman–Crippen MR) is 69.6 cm³/mol. The number of carbonyl (C=O) groups is 1. The minimum absolute atomic E-state index is 0.194. The Labute approximate surface area is 108 Å². The van der Waals surface area contributed by atoms with Crippen LogP contribution in [0.15, 0.2) is 0 Å². The van der Waals surface area contributed by atoms with Gasteiger partial charge in [0.05, 0.1) is 16.2 Å². The second-order valence-electron chi connectivity index (χ2n) is 5.65. The van der Waals surface area contributed by atoms with Crippen molar-refractivity contribution in [2.45, 2.75) is 44.3 Å². The predicted octanol–water partition coefficient (Wildman–Crippen LogP) is 2.42. The molecule has 0 aromatic heterocycles. The van der Waals surface area contributed by atoms with Gasteiger partial charge < -0.3 is 4.90 Å². The maximum absolute atomic E-state index is 12.4. The van der Waals surface area contributed by atoms with Gasteiger partial charge >= 0.3 is 0 Å². The fraction of sp³-hybridized carbons (Fsp3) is 0.846. The van der Waals surface area contributed by atoms with E-state index in [0.29, 0.717) is 5.91 Å². The van der Waals surface area contributed by atoms with Gasteiger partial charge in [-0.3, -0.25) is 4.79 Å². The molecule has 2 rings (SSSR count). The van der Waals surface area contributed by atoms with Gasteiger partial charge in [0.25, 0.3) is 0 Å². The van der Waals surface area contributed by atoms with Crippen LogP contribution < -0.4 is 0 Å². The van der Waals surface area contributed by atoms with Crippen molar-refractivity contribution in [1.82, 2.24) is 4.90 Å². The Kier molecular flexibility index (Phi) is 3.40. The summed E-state index contributed by atoms with van der Waals surface area (Å²) in [6, 6.07) is 2.38. The fourth-order valence-corrected chi connectivity index (χ4v) is 3.88. The third kappa shape index (κ3) is 2.44. The molecule has 2 aliphatic rings. The number of rotatable bonds is 1. The van der Waals surface area contributed by atoms with Crippen LogP contribution in [0.2, 0.25) is 0 Å². The summed E-state index contributed by atoms with van der Waals surface area (Å²) >= 11 is 1.80. The molecule has 0 bridgehead atoms. The maximum Gasteiger partial charge on any atom is 0.238 e. The van der Waals surface area contributed by atoms with E-state index in [0.717, 1.165) is 44.5 Å². The molecule has 0 spiro atoms. The largest absolute Gasteiger partial charge is 0.341 e. The highest BCUT2D eigenvalue weighted by Crippen LogP contribution is 2.40. The third-order valence-corrected chi connectivity index (χ3v) is 5.60. The molecule has 4 heteroatoms. The SMILES string of the molecule is CC1(C#N)CCN(C(=O)C2(C)CCCS2)CC1. The lowest BCUT2D eigenvalue weighted by molar-refractivity contribution is -0.135. The van der Waals surface area contributed by atoms with Gasteiger partial charge in [0.15, 0.2) is 0 Å². The molecule has 0 aromatic rings. The van der Waals surface area contributed by atoms with Crippen molar-refractivity contribution in [2.75, 3.05) is 18.8 Å². The van der Waals surface area contributed by atoms with Crippen LogP contribution in [0, 0.1) is 16.7 Å². The van der Waals surface area contributed by atoms with Gasteiger partial charge in [-0.15, -0.1) is 11.8 Å². The first-order valence-corrected chi connectivity index (χ1v) is 7.32. The van der Waals surface area contributed by atoms with Crippen molar-refractivity contribution >= 4 is 17.7 Å². The summed E-state index contributed by atoms with van der Waals surface area (Å²) in [5, 5.41) is 9.08. The van der Waals surface area contributed by atoms with E-state index in [9.17, 15) is 4.79 Å². The van der Waals surface area contributed by atoms with Crippen LogP contribution in [0.1, 0.15) is 39.5 Å². The molecule has 0 saturated carbocycles. The Morgan fingerprint density at radius 3 is 2.41 bits per heavy atom. The van der Waals surface area contributed by atoms with Crippen molar-refractivity contribution < 1.29 is 4.79 Å². The number of carbonyl (C=O) groups excluding carboxylic acids is 1. The summed E-state index contributed by atoms with van der Waals surface area (Å²) < 4.78 is -0.194. The van der Waals surface area contributed by atoms with Gasteiger partial charge in [-0.05, 0) is 45.3 Å². The highest BCUT2D eigenvalue weighted by atomic mass is 32.2. The molecule has 2 heterocycles. The first-order chi connectivity index (χ1) is 7.99. The molecule has 0 radical (unpaired) electrons. The van der Waals surface area contributed by atoms with Crippen molar-refractivity contribution in [3.05, 3.63) is 0 Å². The Hall–Kier alpha value is -0.690. The van der Waals surface area contributed by atoms with Gasteiger partial charge in [0.2, 0.25) is 5.91 Å². The minimum Gasteiger partial charge on any atom is -0.341 e. The van der Waals surface area contributed by atoms with Gasteiger partial charge in [0.1, 0.15) is 0 Å². The molecule has 0 aliphatic carbocycles. The van der Waals surface area contributed by atoms with Crippen LogP contribution in [0.5, 0.6) is 0 Å². The summed E-state index contributed by atoms with van der Waals surface area (Å²) in [6.07, 6.45) is 3.78. The second kappa shape index (κ2) is 4.53. The van der Waals surface area contributed by atoms with Crippen LogP contribution in [-0.2, 0) is 4.79 Å². The molecular formula is C13H20N2OS. The average Bonchev–Trinajstić information content (AvgIpc) is 2.78. The smallest absolute Gasteiger partial charge is 0.238 e. The number of amides is 1. The lowest BCUT2D eigenvalue weighted by atomic mass is 9.81. The third-order valence-electron chi connectivity index (χ3n) is 4.10. The lowest BCUT2D eigenvalue weighted by Gasteiger charge is -2.38. The number of likely N-dealkylation sites (tertiary alicyclic amines) is 1. The molecule has 2 saturated heterocycles. The minimum atomic E-state index is -0.222. The normalized spacial score (nSPS) is 32.2. The molecule has 1 unspecified atom stereocenters. The van der Waals surface area contributed by atoms with Crippen molar-refractivity contribution in [2.24, 2.45) is 5.41 Å². The molecule has 2 aliphatic heterocycles. The zero-order chi connectivity index (χ0) is 12.5. The van der Waals surface area contributed by atoms with Gasteiger partial charge in [-0.2, -0.15) is 5.26 Å². The van der Waals surface area contributed by atoms with Gasteiger partial charge in [-0.25, -0.2) is 0 Å². The molecule has 0 aromatic carbocycles. The quantitative estimate of drug-likeness (QED) is 0.720. The zero-order valence-corrected chi connectivity index (χ0v) is 11.5. The van der Waals surface area contributed by atoms with E-state index in [2.05, 4.69) is 13.0 Å². The number of nitriles is 1. The Balaban J connectivity index is 1.97. The molecular weight excluding hydrogens is 232 g/mol. The summed E-state index contributed by atoms with van der Waals surface area (Å²) in [4.78, 5) is 14.4. The van der Waals surface area contributed by atoms with Crippen LogP contribution in [0.25, 0.3) is 0 Å². The van der Waals surface area contributed by atoms with Crippen LogP contribution in [0.3, 0.4) is 0 Å². The maximum atomic E-state index is 12.4. The van der Waals surface area contributed by atoms with Crippen LogP contribution in [-0.4, -0.2) is 34.4 Å². The Morgan fingerprint density at radius 1 is 1.29 bits per heavy atom. The Bertz CT molecular complexity index is 347. The fourth-order valence-electron chi connectivity index (χ4n) is 2.60. The second-order valence-corrected chi connectivity index (χ2v) is 7.25. The first-order valence-electron chi connectivity index (χ1n) is 6.34. The number of hydrogen-bond acceptors (Lipinski definition) is 3. The molecule has 94 valence electrons. The molecule has 0 N–H and O–H groups in total. The zero-order valence-electron chi connectivity index (χ0n) is 10.7. The van der Waals surface area contributed by atoms with Gasteiger partial charge in [0, 0.05) is 13.1 Å². The summed E-state index contributed by atoms with van der Waals surface area (Å²) in [7, 11) is 0. The van der Waals surface area contributed by atoms with E-state index < -0.39 is 0 Å². The van der Waals surface area contributed by atoms with E-state index in [1.165, 1.54) is 0 Å². The summed E-state index contributed by atoms with van der Waals surface area (Å²) in [5.41, 5.74) is -0.222. The van der Waals surface area contributed by atoms with E-state index in [-0.39, 0.29) is 10.2 Å². The van der Waals surface area contributed by atoms with Crippen molar-refractivity contribution in [1.29, 1.82) is 5.26 Å². The number of piperidine rings is 1. The molecule has 1 amide bonds. The highest BCUT2D eigenvalue weighted by molar-refractivity contribution is 8.01. The Morgan fingerprint density at radius 2 is 1.94 bits per heavy atom. The standard InChI is InChI=1S/C13H20N2OS/c1-12(10-14)5-7-15(8-6-12)11(16)13(2)4-3-9-17-13/h3-9H2,1-2H3. The topological polar surface area (TPSA) is 44.1 Å². The van der Waals surface area contributed by atoms with E-state index in [1.807, 2.05) is 11.8 Å². The monoisotopic (exact) mass is 252 g/mol.